The number of halogens is 1. The minimum atomic E-state index is -3.93. The van der Waals surface area contributed by atoms with Crippen LogP contribution in [-0.2, 0) is 26.1 Å². The first-order valence-electron chi connectivity index (χ1n) is 8.74. The summed E-state index contributed by atoms with van der Waals surface area (Å²) in [5, 5.41) is 0. The fourth-order valence-corrected chi connectivity index (χ4v) is 3.92. The van der Waals surface area contributed by atoms with E-state index in [-0.39, 0.29) is 24.0 Å². The van der Waals surface area contributed by atoms with Crippen LogP contribution < -0.4 is 0 Å². The summed E-state index contributed by atoms with van der Waals surface area (Å²) in [5.41, 5.74) is 1.59. The van der Waals surface area contributed by atoms with Gasteiger partial charge in [-0.1, -0.05) is 38.1 Å². The lowest BCUT2D eigenvalue weighted by molar-refractivity contribution is -0.143. The molecule has 0 saturated carbocycles. The van der Waals surface area contributed by atoms with Crippen molar-refractivity contribution in [3.8, 4) is 0 Å². The van der Waals surface area contributed by atoms with Crippen LogP contribution in [0.3, 0.4) is 0 Å². The summed E-state index contributed by atoms with van der Waals surface area (Å²) in [4.78, 5) is 12.0. The van der Waals surface area contributed by atoms with Gasteiger partial charge in [-0.15, -0.1) is 0 Å². The Morgan fingerprint density at radius 1 is 1.07 bits per heavy atom. The number of esters is 1. The molecule has 146 valence electrons. The van der Waals surface area contributed by atoms with Crippen LogP contribution in [-0.4, -0.2) is 31.8 Å². The van der Waals surface area contributed by atoms with Gasteiger partial charge in [0.2, 0.25) is 10.0 Å². The third-order valence-electron chi connectivity index (χ3n) is 4.07. The molecule has 2 aromatic rings. The van der Waals surface area contributed by atoms with Crippen molar-refractivity contribution in [2.75, 3.05) is 13.2 Å². The molecule has 0 aliphatic rings. The molecule has 0 radical (unpaired) electrons. The molecule has 0 aromatic heterocycles. The largest absolute Gasteiger partial charge is 0.465 e. The second kappa shape index (κ2) is 9.10. The molecule has 0 saturated heterocycles. The van der Waals surface area contributed by atoms with Gasteiger partial charge < -0.3 is 4.74 Å². The van der Waals surface area contributed by atoms with Gasteiger partial charge in [0.1, 0.15) is 12.4 Å². The number of rotatable bonds is 8. The molecule has 0 amide bonds. The van der Waals surface area contributed by atoms with Gasteiger partial charge >= 0.3 is 5.97 Å². The third-order valence-corrected chi connectivity index (χ3v) is 5.87. The number of carbonyl (C=O) groups excluding carboxylic acids is 1. The first-order valence-corrected chi connectivity index (χ1v) is 10.2. The lowest BCUT2D eigenvalue weighted by atomic mass is 10.0. The summed E-state index contributed by atoms with van der Waals surface area (Å²) in [6.45, 7) is 5.37. The van der Waals surface area contributed by atoms with Crippen LogP contribution in [0.1, 0.15) is 37.8 Å². The van der Waals surface area contributed by atoms with Gasteiger partial charge in [-0.2, -0.15) is 4.31 Å². The fraction of sp³-hybridized carbons (Fsp3) is 0.350. The first-order chi connectivity index (χ1) is 12.7. The minimum absolute atomic E-state index is 0.0621. The Bertz CT molecular complexity index is 862. The van der Waals surface area contributed by atoms with Gasteiger partial charge in [-0.05, 0) is 48.2 Å². The van der Waals surface area contributed by atoms with E-state index in [9.17, 15) is 17.6 Å². The Morgan fingerprint density at radius 2 is 1.67 bits per heavy atom. The number of carbonyl (C=O) groups is 1. The van der Waals surface area contributed by atoms with E-state index in [0.29, 0.717) is 5.56 Å². The smallest absolute Gasteiger partial charge is 0.321 e. The topological polar surface area (TPSA) is 63.7 Å². The molecule has 0 bridgehead atoms. The zero-order valence-electron chi connectivity index (χ0n) is 15.7. The molecule has 0 atom stereocenters. The molecule has 0 fully saturated rings. The molecule has 7 heteroatoms. The van der Waals surface area contributed by atoms with Crippen molar-refractivity contribution in [3.63, 3.8) is 0 Å². The van der Waals surface area contributed by atoms with Gasteiger partial charge in [0.05, 0.1) is 11.5 Å². The van der Waals surface area contributed by atoms with Crippen LogP contribution in [0.4, 0.5) is 4.39 Å². The van der Waals surface area contributed by atoms with E-state index in [0.717, 1.165) is 9.87 Å². The second-order valence-electron chi connectivity index (χ2n) is 6.43. The Kier molecular flexibility index (Phi) is 7.10. The number of hydrogen-bond acceptors (Lipinski definition) is 4. The maximum atomic E-state index is 13.1. The van der Waals surface area contributed by atoms with Crippen molar-refractivity contribution in [1.82, 2.24) is 4.31 Å². The van der Waals surface area contributed by atoms with E-state index in [1.54, 1.807) is 19.1 Å². The van der Waals surface area contributed by atoms with Crippen LogP contribution >= 0.6 is 0 Å². The van der Waals surface area contributed by atoms with Crippen molar-refractivity contribution in [1.29, 1.82) is 0 Å². The summed E-state index contributed by atoms with van der Waals surface area (Å²) in [6, 6.07) is 12.1. The predicted molar refractivity (Wildman–Crippen MR) is 101 cm³/mol. The van der Waals surface area contributed by atoms with Crippen LogP contribution in [0, 0.1) is 5.82 Å². The van der Waals surface area contributed by atoms with Gasteiger partial charge in [-0.25, -0.2) is 12.8 Å². The van der Waals surface area contributed by atoms with E-state index < -0.39 is 28.4 Å². The van der Waals surface area contributed by atoms with Crippen molar-refractivity contribution in [2.24, 2.45) is 0 Å². The number of nitrogens with zero attached hydrogens (tertiary/aromatic N) is 1. The average molecular weight is 393 g/mol. The summed E-state index contributed by atoms with van der Waals surface area (Å²) in [5.74, 6) is -0.776. The van der Waals surface area contributed by atoms with Crippen LogP contribution in [0.25, 0.3) is 0 Å². The molecule has 0 N–H and O–H groups in total. The highest BCUT2D eigenvalue weighted by Crippen LogP contribution is 2.22. The van der Waals surface area contributed by atoms with Gasteiger partial charge in [0.25, 0.3) is 0 Å². The minimum Gasteiger partial charge on any atom is -0.465 e. The van der Waals surface area contributed by atoms with Crippen molar-refractivity contribution in [3.05, 3.63) is 65.5 Å². The summed E-state index contributed by atoms with van der Waals surface area (Å²) in [7, 11) is -3.93. The summed E-state index contributed by atoms with van der Waals surface area (Å²) in [6.07, 6.45) is 0. The van der Waals surface area contributed by atoms with E-state index in [1.807, 2.05) is 13.8 Å². The molecule has 0 spiro atoms. The SMILES string of the molecule is CCOC(=O)CN(Cc1ccc(F)cc1)S(=O)(=O)c1ccc(C(C)C)cc1. The number of sulfonamides is 1. The highest BCUT2D eigenvalue weighted by molar-refractivity contribution is 7.89. The summed E-state index contributed by atoms with van der Waals surface area (Å²) < 4.78 is 45.2. The van der Waals surface area contributed by atoms with Crippen molar-refractivity contribution in [2.45, 2.75) is 38.1 Å². The number of benzene rings is 2. The molecule has 5 nitrogen and oxygen atoms in total. The maximum absolute atomic E-state index is 13.1. The van der Waals surface area contributed by atoms with E-state index in [4.69, 9.17) is 4.74 Å². The monoisotopic (exact) mass is 393 g/mol. The maximum Gasteiger partial charge on any atom is 0.321 e. The molecular formula is C20H24FNO4S. The van der Waals surface area contributed by atoms with Crippen molar-refractivity contribution >= 4 is 16.0 Å². The Hall–Kier alpha value is -2.25. The van der Waals surface area contributed by atoms with Crippen LogP contribution in [0.15, 0.2) is 53.4 Å². The van der Waals surface area contributed by atoms with Gasteiger partial charge in [0, 0.05) is 6.54 Å². The average Bonchev–Trinajstić information content (AvgIpc) is 2.63. The highest BCUT2D eigenvalue weighted by atomic mass is 32.2. The molecule has 0 aliphatic heterocycles. The molecule has 2 rings (SSSR count). The van der Waals surface area contributed by atoms with Crippen LogP contribution in [0.5, 0.6) is 0 Å². The molecular weight excluding hydrogens is 369 g/mol. The molecule has 0 aliphatic carbocycles. The molecule has 0 heterocycles. The van der Waals surface area contributed by atoms with Crippen molar-refractivity contribution < 1.29 is 22.3 Å². The Morgan fingerprint density at radius 3 is 2.19 bits per heavy atom. The fourth-order valence-electron chi connectivity index (χ4n) is 2.54. The van der Waals surface area contributed by atoms with Gasteiger partial charge in [-0.3, -0.25) is 4.79 Å². The molecule has 2 aromatic carbocycles. The highest BCUT2D eigenvalue weighted by Gasteiger charge is 2.27. The van der Waals surface area contributed by atoms with Crippen LogP contribution in [0.2, 0.25) is 0 Å². The zero-order chi connectivity index (χ0) is 20.0. The Balaban J connectivity index is 2.34. The quantitative estimate of drug-likeness (QED) is 0.642. The number of ether oxygens (including phenoxy) is 1. The normalized spacial score (nSPS) is 11.8. The zero-order valence-corrected chi connectivity index (χ0v) is 16.5. The molecule has 0 unspecified atom stereocenters. The van der Waals surface area contributed by atoms with E-state index in [1.165, 1.54) is 36.4 Å². The lowest BCUT2D eigenvalue weighted by Gasteiger charge is -2.22. The molecule has 27 heavy (non-hydrogen) atoms. The van der Waals surface area contributed by atoms with E-state index in [2.05, 4.69) is 0 Å². The number of hydrogen-bond donors (Lipinski definition) is 0. The lowest BCUT2D eigenvalue weighted by Crippen LogP contribution is -2.36. The van der Waals surface area contributed by atoms with E-state index >= 15 is 0 Å². The summed E-state index contributed by atoms with van der Waals surface area (Å²) >= 11 is 0. The second-order valence-corrected chi connectivity index (χ2v) is 8.37. The standard InChI is InChI=1S/C20H24FNO4S/c1-4-26-20(23)14-22(13-16-5-9-18(21)10-6-16)27(24,25)19-11-7-17(8-12-19)15(2)3/h5-12,15H,4,13-14H2,1-3H3. The first kappa shape index (κ1) is 21.1. The van der Waals surface area contributed by atoms with Gasteiger partial charge in [0.15, 0.2) is 0 Å². The predicted octanol–water partition coefficient (Wildman–Crippen LogP) is 3.70. The third kappa shape index (κ3) is 5.61. The Labute approximate surface area is 159 Å².